The van der Waals surface area contributed by atoms with Crippen LogP contribution in [-0.4, -0.2) is 32.9 Å². The van der Waals surface area contributed by atoms with Crippen LogP contribution in [0.1, 0.15) is 63.0 Å². The first kappa shape index (κ1) is 23.6. The average Bonchev–Trinajstić information content (AvgIpc) is 3.17. The topological polar surface area (TPSA) is 114 Å². The third-order valence-electron chi connectivity index (χ3n) is 4.82. The molecule has 1 aromatic carbocycles. The lowest BCUT2D eigenvalue weighted by atomic mass is 10.1. The van der Waals surface area contributed by atoms with E-state index in [4.69, 9.17) is 16.6 Å². The van der Waals surface area contributed by atoms with E-state index < -0.39 is 0 Å². The zero-order valence-corrected chi connectivity index (χ0v) is 18.2. The summed E-state index contributed by atoms with van der Waals surface area (Å²) in [6.07, 6.45) is 7.53. The van der Waals surface area contributed by atoms with Gasteiger partial charge in [-0.1, -0.05) is 63.4 Å². The van der Waals surface area contributed by atoms with Crippen molar-refractivity contribution in [3.05, 3.63) is 53.7 Å². The number of aliphatic hydroxyl groups is 1. The number of unbranched alkanes of at least 4 members (excludes halogenated alkanes) is 4. The summed E-state index contributed by atoms with van der Waals surface area (Å²) in [7, 11) is 0. The second-order valence-corrected chi connectivity index (χ2v) is 7.68. The summed E-state index contributed by atoms with van der Waals surface area (Å²) in [5.74, 6) is 1.72. The first-order valence-electron chi connectivity index (χ1n) is 10.8. The van der Waals surface area contributed by atoms with Crippen LogP contribution in [0, 0.1) is 0 Å². The van der Waals surface area contributed by atoms with Gasteiger partial charge in [-0.15, -0.1) is 0 Å². The van der Waals surface area contributed by atoms with Gasteiger partial charge in [0.2, 0.25) is 0 Å². The molecule has 164 valence electrons. The van der Waals surface area contributed by atoms with Crippen LogP contribution in [0.2, 0.25) is 0 Å². The lowest BCUT2D eigenvalue weighted by molar-refractivity contribution is 0.282. The predicted molar refractivity (Wildman–Crippen MR) is 124 cm³/mol. The van der Waals surface area contributed by atoms with Crippen molar-refractivity contribution in [3.8, 4) is 0 Å². The normalized spacial score (nSPS) is 10.8. The molecule has 2 aromatic heterocycles. The predicted octanol–water partition coefficient (Wildman–Crippen LogP) is 3.93. The minimum Gasteiger partial charge on any atom is -0.396 e. The van der Waals surface area contributed by atoms with Crippen LogP contribution in [0.15, 0.2) is 42.6 Å². The molecule has 0 spiro atoms. The van der Waals surface area contributed by atoms with Crippen molar-refractivity contribution in [2.24, 2.45) is 5.73 Å². The lowest BCUT2D eigenvalue weighted by Gasteiger charge is -2.10. The van der Waals surface area contributed by atoms with E-state index in [0.717, 1.165) is 49.4 Å². The van der Waals surface area contributed by atoms with Gasteiger partial charge in [0.05, 0.1) is 6.20 Å². The lowest BCUT2D eigenvalue weighted by Crippen LogP contribution is -2.07. The van der Waals surface area contributed by atoms with Gasteiger partial charge in [-0.3, -0.25) is 0 Å². The fourth-order valence-corrected chi connectivity index (χ4v) is 3.11. The molecule has 6 N–H and O–H groups in total. The second-order valence-electron chi connectivity index (χ2n) is 7.68. The maximum absolute atomic E-state index is 8.40. The zero-order chi connectivity index (χ0) is 21.8. The molecule has 0 aliphatic rings. The van der Waals surface area contributed by atoms with Crippen molar-refractivity contribution >= 4 is 17.3 Å². The number of aromatic nitrogens is 3. The van der Waals surface area contributed by atoms with Crippen molar-refractivity contribution in [1.29, 1.82) is 0 Å². The number of benzene rings is 1. The highest BCUT2D eigenvalue weighted by Crippen LogP contribution is 2.23. The van der Waals surface area contributed by atoms with Gasteiger partial charge < -0.3 is 21.9 Å². The van der Waals surface area contributed by atoms with E-state index in [1.165, 1.54) is 18.4 Å². The third-order valence-corrected chi connectivity index (χ3v) is 4.82. The van der Waals surface area contributed by atoms with Crippen molar-refractivity contribution in [2.45, 2.75) is 58.4 Å². The van der Waals surface area contributed by atoms with Crippen LogP contribution in [0.4, 0.5) is 11.6 Å². The summed E-state index contributed by atoms with van der Waals surface area (Å²) in [5.41, 5.74) is 14.4. The Labute approximate surface area is 179 Å². The minimum atomic E-state index is 0.336. The standard InChI is InChI=1S/C16H19N5.C7H17NO/c1-11(2)13-10-19-21-15(8-14(17)20-16(13)21)18-9-12-6-4-3-5-7-12;8-6-4-2-1-3-5-7-9/h3-8,10-11,18H,9H2,1-2H3,(H2,17,20);9H,1-8H2. The number of hydrogen-bond donors (Lipinski definition) is 4. The molecular weight excluding hydrogens is 376 g/mol. The number of aliphatic hydroxyl groups excluding tert-OH is 1. The summed E-state index contributed by atoms with van der Waals surface area (Å²) in [4.78, 5) is 4.41. The number of anilines is 2. The van der Waals surface area contributed by atoms with Crippen molar-refractivity contribution in [2.75, 3.05) is 24.2 Å². The zero-order valence-electron chi connectivity index (χ0n) is 18.2. The highest BCUT2D eigenvalue weighted by atomic mass is 16.2. The molecule has 0 radical (unpaired) electrons. The second kappa shape index (κ2) is 12.8. The van der Waals surface area contributed by atoms with Gasteiger partial charge in [-0.2, -0.15) is 9.61 Å². The number of nitrogen functional groups attached to an aromatic ring is 1. The van der Waals surface area contributed by atoms with E-state index in [1.807, 2.05) is 35.0 Å². The SMILES string of the molecule is CC(C)c1cnn2c(NCc3ccccc3)cc(N)nc12.NCCCCCCCO. The quantitative estimate of drug-likeness (QED) is 0.375. The number of nitrogens with one attached hydrogen (secondary N) is 1. The van der Waals surface area contributed by atoms with Crippen molar-refractivity contribution < 1.29 is 5.11 Å². The monoisotopic (exact) mass is 412 g/mol. The van der Waals surface area contributed by atoms with Crippen LogP contribution < -0.4 is 16.8 Å². The number of fused-ring (bicyclic) bond motifs is 1. The van der Waals surface area contributed by atoms with Crippen LogP contribution in [0.5, 0.6) is 0 Å². The molecule has 0 fully saturated rings. The molecule has 0 saturated carbocycles. The molecule has 2 heterocycles. The molecule has 0 saturated heterocycles. The average molecular weight is 413 g/mol. The maximum Gasteiger partial charge on any atom is 0.163 e. The Bertz CT molecular complexity index is 857. The fourth-order valence-electron chi connectivity index (χ4n) is 3.11. The summed E-state index contributed by atoms with van der Waals surface area (Å²) in [5, 5.41) is 16.2. The molecule has 0 bridgehead atoms. The summed E-state index contributed by atoms with van der Waals surface area (Å²) in [6.45, 7) is 6.11. The van der Waals surface area contributed by atoms with E-state index >= 15 is 0 Å². The fraction of sp³-hybridized carbons (Fsp3) is 0.478. The van der Waals surface area contributed by atoms with E-state index in [0.29, 0.717) is 18.3 Å². The molecule has 30 heavy (non-hydrogen) atoms. The number of hydrogen-bond acceptors (Lipinski definition) is 6. The van der Waals surface area contributed by atoms with Crippen LogP contribution in [0.3, 0.4) is 0 Å². The van der Waals surface area contributed by atoms with Gasteiger partial charge in [0.1, 0.15) is 11.6 Å². The Morgan fingerprint density at radius 3 is 2.43 bits per heavy atom. The molecule has 0 amide bonds. The van der Waals surface area contributed by atoms with Gasteiger partial charge in [0.15, 0.2) is 5.65 Å². The largest absolute Gasteiger partial charge is 0.396 e. The van der Waals surface area contributed by atoms with Gasteiger partial charge >= 0.3 is 0 Å². The van der Waals surface area contributed by atoms with Crippen LogP contribution in [0.25, 0.3) is 5.65 Å². The van der Waals surface area contributed by atoms with Gasteiger partial charge in [-0.25, -0.2) is 4.98 Å². The van der Waals surface area contributed by atoms with E-state index in [1.54, 1.807) is 0 Å². The Balaban J connectivity index is 0.000000303. The van der Waals surface area contributed by atoms with Crippen molar-refractivity contribution in [1.82, 2.24) is 14.6 Å². The Kier molecular flexibility index (Phi) is 10.1. The molecule has 0 aliphatic carbocycles. The van der Waals surface area contributed by atoms with Crippen LogP contribution in [-0.2, 0) is 6.54 Å². The number of nitrogens with zero attached hydrogens (tertiary/aromatic N) is 3. The third kappa shape index (κ3) is 7.31. The van der Waals surface area contributed by atoms with Gasteiger partial charge in [0.25, 0.3) is 0 Å². The summed E-state index contributed by atoms with van der Waals surface area (Å²) >= 11 is 0. The minimum absolute atomic E-state index is 0.336. The first-order chi connectivity index (χ1) is 14.6. The molecular formula is C23H36N6O. The maximum atomic E-state index is 8.40. The highest BCUT2D eigenvalue weighted by Gasteiger charge is 2.12. The molecule has 0 unspecified atom stereocenters. The Hall–Kier alpha value is -2.64. The molecule has 7 heteroatoms. The van der Waals surface area contributed by atoms with E-state index in [-0.39, 0.29) is 0 Å². The molecule has 7 nitrogen and oxygen atoms in total. The van der Waals surface area contributed by atoms with Gasteiger partial charge in [-0.05, 0) is 30.9 Å². The van der Waals surface area contributed by atoms with Gasteiger partial charge in [0, 0.05) is 24.8 Å². The molecule has 3 rings (SSSR count). The molecule has 0 aliphatic heterocycles. The number of rotatable bonds is 10. The Morgan fingerprint density at radius 2 is 1.77 bits per heavy atom. The highest BCUT2D eigenvalue weighted by molar-refractivity contribution is 5.59. The van der Waals surface area contributed by atoms with Crippen molar-refractivity contribution in [3.63, 3.8) is 0 Å². The van der Waals surface area contributed by atoms with E-state index in [2.05, 4.69) is 41.4 Å². The smallest absolute Gasteiger partial charge is 0.163 e. The molecule has 0 atom stereocenters. The first-order valence-corrected chi connectivity index (χ1v) is 10.8. The molecule has 3 aromatic rings. The number of nitrogens with two attached hydrogens (primary N) is 2. The Morgan fingerprint density at radius 1 is 1.07 bits per heavy atom. The van der Waals surface area contributed by atoms with E-state index in [9.17, 15) is 0 Å². The summed E-state index contributed by atoms with van der Waals surface area (Å²) in [6, 6.07) is 12.0. The summed E-state index contributed by atoms with van der Waals surface area (Å²) < 4.78 is 1.81. The van der Waals surface area contributed by atoms with Crippen LogP contribution >= 0.6 is 0 Å².